The summed E-state index contributed by atoms with van der Waals surface area (Å²) in [6.45, 7) is 1.71. The molecule has 4 heteroatoms. The number of fused-ring (bicyclic) bond motifs is 2. The van der Waals surface area contributed by atoms with Crippen molar-refractivity contribution in [2.24, 2.45) is 0 Å². The molecule has 50 heavy (non-hydrogen) atoms. The highest BCUT2D eigenvalue weighted by molar-refractivity contribution is 6.32. The van der Waals surface area contributed by atoms with Gasteiger partial charge in [-0.3, -0.25) is 0 Å². The highest BCUT2D eigenvalue weighted by atomic mass is 15.2. The third kappa shape index (κ3) is 4.16. The fourth-order valence-corrected chi connectivity index (χ4v) is 8.51. The normalized spacial score (nSPS) is 13.6. The SMILES string of the molecule is N#Cc1ccc2c(c1)N(c1cc(-c3ccccc3)c3ccc4c(N5CCc6ccc(C#N)cc65)cc(-c5ccccc5)c5ccc1c3c54)CC2. The zero-order valence-corrected chi connectivity index (χ0v) is 27.3. The second-order valence-corrected chi connectivity index (χ2v) is 13.4. The maximum atomic E-state index is 9.81. The molecule has 0 radical (unpaired) electrons. The summed E-state index contributed by atoms with van der Waals surface area (Å²) in [5.74, 6) is 0. The molecule has 0 N–H and O–H groups in total. The molecule has 0 spiro atoms. The zero-order valence-electron chi connectivity index (χ0n) is 27.3. The van der Waals surface area contributed by atoms with Gasteiger partial charge in [-0.15, -0.1) is 0 Å². The largest absolute Gasteiger partial charge is 0.340 e. The Hall–Kier alpha value is -6.62. The van der Waals surface area contributed by atoms with Crippen molar-refractivity contribution in [1.29, 1.82) is 10.5 Å². The Balaban J connectivity index is 1.33. The maximum Gasteiger partial charge on any atom is 0.0992 e. The lowest BCUT2D eigenvalue weighted by Crippen LogP contribution is -2.15. The minimum atomic E-state index is 0.680. The summed E-state index contributed by atoms with van der Waals surface area (Å²) in [6, 6.07) is 52.4. The molecule has 8 aromatic carbocycles. The second-order valence-electron chi connectivity index (χ2n) is 13.4. The van der Waals surface area contributed by atoms with Crippen molar-refractivity contribution in [3.05, 3.63) is 156 Å². The molecular weight excluding hydrogens is 609 g/mol. The molecule has 0 saturated heterocycles. The molecule has 2 aliphatic heterocycles. The van der Waals surface area contributed by atoms with Crippen molar-refractivity contribution in [3.63, 3.8) is 0 Å². The van der Waals surface area contributed by atoms with Crippen LogP contribution in [0.5, 0.6) is 0 Å². The lowest BCUT2D eigenvalue weighted by Gasteiger charge is -2.28. The van der Waals surface area contributed by atoms with Gasteiger partial charge in [-0.25, -0.2) is 0 Å². The molecular formula is C46H30N4. The summed E-state index contributed by atoms with van der Waals surface area (Å²) in [5.41, 5.74) is 13.2. The quantitative estimate of drug-likeness (QED) is 0.180. The smallest absolute Gasteiger partial charge is 0.0992 e. The molecule has 0 saturated carbocycles. The Morgan fingerprint density at radius 3 is 1.26 bits per heavy atom. The van der Waals surface area contributed by atoms with E-state index in [2.05, 4.69) is 143 Å². The molecule has 2 heterocycles. The fraction of sp³-hybridized carbons (Fsp3) is 0.0870. The predicted octanol–water partition coefficient (Wildman–Crippen LogP) is 11.0. The summed E-state index contributed by atoms with van der Waals surface area (Å²) in [6.07, 6.45) is 1.87. The number of hydrogen-bond donors (Lipinski definition) is 0. The van der Waals surface area contributed by atoms with Crippen LogP contribution in [0.15, 0.2) is 133 Å². The molecule has 8 aromatic rings. The number of nitrogens with zero attached hydrogens (tertiary/aromatic N) is 4. The first-order valence-corrected chi connectivity index (χ1v) is 17.2. The van der Waals surface area contributed by atoms with Crippen molar-refractivity contribution in [2.45, 2.75) is 12.8 Å². The van der Waals surface area contributed by atoms with Crippen molar-refractivity contribution >= 4 is 55.1 Å². The van der Waals surface area contributed by atoms with Crippen LogP contribution in [0.4, 0.5) is 22.7 Å². The van der Waals surface area contributed by atoms with Crippen molar-refractivity contribution in [2.75, 3.05) is 22.9 Å². The van der Waals surface area contributed by atoms with Crippen molar-refractivity contribution < 1.29 is 0 Å². The number of hydrogen-bond acceptors (Lipinski definition) is 4. The molecule has 4 nitrogen and oxygen atoms in total. The van der Waals surface area contributed by atoms with Crippen LogP contribution in [-0.4, -0.2) is 13.1 Å². The minimum Gasteiger partial charge on any atom is -0.340 e. The number of nitriles is 2. The predicted molar refractivity (Wildman–Crippen MR) is 205 cm³/mol. The molecule has 0 aromatic heterocycles. The van der Waals surface area contributed by atoms with Crippen LogP contribution >= 0.6 is 0 Å². The van der Waals surface area contributed by atoms with E-state index in [-0.39, 0.29) is 0 Å². The van der Waals surface area contributed by atoms with Crippen molar-refractivity contribution in [1.82, 2.24) is 0 Å². The monoisotopic (exact) mass is 638 g/mol. The first-order valence-electron chi connectivity index (χ1n) is 17.2. The van der Waals surface area contributed by atoms with E-state index < -0.39 is 0 Å². The molecule has 0 amide bonds. The summed E-state index contributed by atoms with van der Waals surface area (Å²) < 4.78 is 0. The standard InChI is InChI=1S/C46H30N4/c47-27-29-11-13-33-19-21-49(41(33)23-29)43-25-39(31-7-3-1-4-8-31)35-15-17-38-44(50-22-20-34-14-12-30(28-48)24-42(34)50)26-40(32-9-5-2-6-10-32)36-16-18-37(43)45(35)46(36)38/h1-18,23-26H,19-22H2. The molecule has 0 atom stereocenters. The van der Waals surface area contributed by atoms with E-state index in [1.54, 1.807) is 0 Å². The van der Waals surface area contributed by atoms with Gasteiger partial charge >= 0.3 is 0 Å². The lowest BCUT2D eigenvalue weighted by atomic mass is 9.85. The Bertz CT molecular complexity index is 2540. The second kappa shape index (κ2) is 11.0. The molecule has 0 bridgehead atoms. The van der Waals surface area contributed by atoms with Crippen LogP contribution in [0.3, 0.4) is 0 Å². The highest BCUT2D eigenvalue weighted by Gasteiger charge is 2.28. The Morgan fingerprint density at radius 1 is 0.420 bits per heavy atom. The van der Waals surface area contributed by atoms with Gasteiger partial charge in [0.15, 0.2) is 0 Å². The molecule has 10 rings (SSSR count). The maximum absolute atomic E-state index is 9.81. The van der Waals surface area contributed by atoms with Crippen LogP contribution in [0.25, 0.3) is 54.6 Å². The average Bonchev–Trinajstić information content (AvgIpc) is 3.81. The Kier molecular flexibility index (Phi) is 6.22. The van der Waals surface area contributed by atoms with Crippen LogP contribution in [0, 0.1) is 22.7 Å². The zero-order chi connectivity index (χ0) is 33.3. The first-order chi connectivity index (χ1) is 24.7. The van der Waals surface area contributed by atoms with Crippen LogP contribution < -0.4 is 9.80 Å². The minimum absolute atomic E-state index is 0.680. The van der Waals surface area contributed by atoms with Crippen molar-refractivity contribution in [3.8, 4) is 34.4 Å². The average molecular weight is 639 g/mol. The van der Waals surface area contributed by atoms with E-state index >= 15 is 0 Å². The Morgan fingerprint density at radius 2 is 0.840 bits per heavy atom. The Labute approximate surface area is 290 Å². The molecule has 0 aliphatic carbocycles. The summed E-state index contributed by atoms with van der Waals surface area (Å²) in [4.78, 5) is 4.85. The number of benzene rings is 8. The fourth-order valence-electron chi connectivity index (χ4n) is 8.51. The van der Waals surface area contributed by atoms with E-state index in [1.165, 1.54) is 65.7 Å². The molecule has 2 aliphatic rings. The topological polar surface area (TPSA) is 54.1 Å². The third-order valence-corrected chi connectivity index (χ3v) is 10.8. The summed E-state index contributed by atoms with van der Waals surface area (Å²) >= 11 is 0. The van der Waals surface area contributed by atoms with E-state index in [0.29, 0.717) is 11.1 Å². The highest BCUT2D eigenvalue weighted by Crippen LogP contribution is 2.51. The van der Waals surface area contributed by atoms with Crippen LogP contribution in [0.2, 0.25) is 0 Å². The summed E-state index contributed by atoms with van der Waals surface area (Å²) in [5, 5.41) is 27.0. The summed E-state index contributed by atoms with van der Waals surface area (Å²) in [7, 11) is 0. The molecule has 0 fully saturated rings. The van der Waals surface area contributed by atoms with Gasteiger partial charge in [0.05, 0.1) is 23.3 Å². The molecule has 0 unspecified atom stereocenters. The van der Waals surface area contributed by atoms with E-state index in [1.807, 2.05) is 12.1 Å². The van der Waals surface area contributed by atoms with Crippen LogP contribution in [-0.2, 0) is 12.8 Å². The van der Waals surface area contributed by atoms with Gasteiger partial charge in [0, 0.05) is 57.4 Å². The van der Waals surface area contributed by atoms with Crippen LogP contribution in [0.1, 0.15) is 22.3 Å². The lowest BCUT2D eigenvalue weighted by molar-refractivity contribution is 1.00. The third-order valence-electron chi connectivity index (χ3n) is 10.8. The van der Waals surface area contributed by atoms with Gasteiger partial charge in [0.1, 0.15) is 0 Å². The number of rotatable bonds is 4. The number of anilines is 4. The first kappa shape index (κ1) is 28.4. The van der Waals surface area contributed by atoms with Gasteiger partial charge in [-0.05, 0) is 93.4 Å². The van der Waals surface area contributed by atoms with Gasteiger partial charge in [0.25, 0.3) is 0 Å². The van der Waals surface area contributed by atoms with Gasteiger partial charge in [-0.2, -0.15) is 10.5 Å². The van der Waals surface area contributed by atoms with Gasteiger partial charge in [-0.1, -0.05) is 97.1 Å². The van der Waals surface area contributed by atoms with E-state index in [9.17, 15) is 10.5 Å². The van der Waals surface area contributed by atoms with E-state index in [0.717, 1.165) is 48.7 Å². The van der Waals surface area contributed by atoms with Gasteiger partial charge < -0.3 is 9.80 Å². The van der Waals surface area contributed by atoms with E-state index in [4.69, 9.17) is 0 Å². The van der Waals surface area contributed by atoms with Gasteiger partial charge in [0.2, 0.25) is 0 Å². The molecule has 234 valence electrons.